The number of aromatic carboxylic acids is 1. The van der Waals surface area contributed by atoms with E-state index in [4.69, 9.17) is 10.4 Å². The molecule has 0 aliphatic heterocycles. The van der Waals surface area contributed by atoms with E-state index in [1.807, 2.05) is 6.07 Å². The van der Waals surface area contributed by atoms with E-state index in [-0.39, 0.29) is 5.56 Å². The van der Waals surface area contributed by atoms with Crippen LogP contribution < -0.4 is 0 Å². The molecular formula is C9H6N4O2. The van der Waals surface area contributed by atoms with Crippen LogP contribution in [0.4, 0.5) is 0 Å². The van der Waals surface area contributed by atoms with Crippen molar-refractivity contribution >= 4 is 11.6 Å². The molecule has 0 bridgehead atoms. The first kappa shape index (κ1) is 9.15. The van der Waals surface area contributed by atoms with E-state index in [1.54, 1.807) is 6.92 Å². The van der Waals surface area contributed by atoms with E-state index in [9.17, 15) is 4.79 Å². The summed E-state index contributed by atoms with van der Waals surface area (Å²) in [6, 6.07) is 1.93. The van der Waals surface area contributed by atoms with Gasteiger partial charge < -0.3 is 5.11 Å². The summed E-state index contributed by atoms with van der Waals surface area (Å²) in [6.07, 6.45) is 2.59. The van der Waals surface area contributed by atoms with Crippen LogP contribution in [0.25, 0.3) is 5.65 Å². The molecule has 0 saturated heterocycles. The van der Waals surface area contributed by atoms with Crippen molar-refractivity contribution in [3.8, 4) is 6.07 Å². The Labute approximate surface area is 84.4 Å². The molecule has 0 fully saturated rings. The first-order chi connectivity index (χ1) is 7.15. The quantitative estimate of drug-likeness (QED) is 0.731. The van der Waals surface area contributed by atoms with Crippen LogP contribution in [0, 0.1) is 18.3 Å². The molecule has 0 aromatic carbocycles. The zero-order valence-corrected chi connectivity index (χ0v) is 7.80. The van der Waals surface area contributed by atoms with Gasteiger partial charge >= 0.3 is 5.97 Å². The maximum Gasteiger partial charge on any atom is 0.339 e. The second-order valence-electron chi connectivity index (χ2n) is 2.97. The second kappa shape index (κ2) is 3.06. The van der Waals surface area contributed by atoms with Crippen LogP contribution in [-0.4, -0.2) is 25.7 Å². The molecule has 2 rings (SSSR count). The van der Waals surface area contributed by atoms with E-state index < -0.39 is 5.97 Å². The second-order valence-corrected chi connectivity index (χ2v) is 2.97. The molecule has 6 nitrogen and oxygen atoms in total. The van der Waals surface area contributed by atoms with E-state index >= 15 is 0 Å². The third-order valence-electron chi connectivity index (χ3n) is 2.12. The number of rotatable bonds is 1. The molecule has 0 unspecified atom stereocenters. The van der Waals surface area contributed by atoms with Gasteiger partial charge in [-0.3, -0.25) is 0 Å². The summed E-state index contributed by atoms with van der Waals surface area (Å²) in [4.78, 5) is 14.7. The molecule has 0 spiro atoms. The molecule has 0 aliphatic rings. The third kappa shape index (κ3) is 1.21. The minimum absolute atomic E-state index is 0.0788. The van der Waals surface area contributed by atoms with Crippen molar-refractivity contribution in [2.45, 2.75) is 6.92 Å². The zero-order valence-electron chi connectivity index (χ0n) is 7.80. The van der Waals surface area contributed by atoms with Gasteiger partial charge in [-0.25, -0.2) is 14.3 Å². The van der Waals surface area contributed by atoms with Gasteiger partial charge in [-0.1, -0.05) is 0 Å². The van der Waals surface area contributed by atoms with Gasteiger partial charge in [0.1, 0.15) is 11.6 Å². The van der Waals surface area contributed by atoms with Crippen LogP contribution in [0.3, 0.4) is 0 Å². The highest BCUT2D eigenvalue weighted by atomic mass is 16.4. The van der Waals surface area contributed by atoms with E-state index in [1.165, 1.54) is 16.9 Å². The van der Waals surface area contributed by atoms with Crippen LogP contribution in [0.2, 0.25) is 0 Å². The number of hydrogen-bond acceptors (Lipinski definition) is 4. The number of nitriles is 1. The molecule has 2 aromatic heterocycles. The number of aromatic nitrogens is 3. The molecule has 15 heavy (non-hydrogen) atoms. The Balaban J connectivity index is 2.82. The van der Waals surface area contributed by atoms with Crippen LogP contribution in [0.15, 0.2) is 12.4 Å². The summed E-state index contributed by atoms with van der Waals surface area (Å²) in [5.74, 6) is -1.06. The number of hydrogen-bond donors (Lipinski definition) is 1. The fourth-order valence-electron chi connectivity index (χ4n) is 1.33. The first-order valence-electron chi connectivity index (χ1n) is 4.12. The SMILES string of the molecule is Cc1c(C(=O)O)cnc2c(C#N)cnn12. The van der Waals surface area contributed by atoms with Crippen LogP contribution in [-0.2, 0) is 0 Å². The summed E-state index contributed by atoms with van der Waals surface area (Å²) in [5.41, 5.74) is 1.24. The maximum absolute atomic E-state index is 10.8. The van der Waals surface area contributed by atoms with Crippen molar-refractivity contribution in [3.05, 3.63) is 29.2 Å². The average Bonchev–Trinajstić information content (AvgIpc) is 2.61. The Morgan fingerprint density at radius 3 is 2.93 bits per heavy atom. The lowest BCUT2D eigenvalue weighted by Crippen LogP contribution is -2.07. The fourth-order valence-corrected chi connectivity index (χ4v) is 1.33. The molecule has 2 heterocycles. The maximum atomic E-state index is 10.8. The molecule has 0 atom stereocenters. The number of aryl methyl sites for hydroxylation is 1. The summed E-state index contributed by atoms with van der Waals surface area (Å²) < 4.78 is 1.35. The lowest BCUT2D eigenvalue weighted by molar-refractivity contribution is 0.0695. The smallest absolute Gasteiger partial charge is 0.339 e. The highest BCUT2D eigenvalue weighted by molar-refractivity contribution is 5.88. The van der Waals surface area contributed by atoms with Gasteiger partial charge in [-0.15, -0.1) is 0 Å². The van der Waals surface area contributed by atoms with Crippen molar-refractivity contribution in [1.29, 1.82) is 5.26 Å². The van der Waals surface area contributed by atoms with E-state index in [0.29, 0.717) is 16.9 Å². The highest BCUT2D eigenvalue weighted by Gasteiger charge is 2.13. The van der Waals surface area contributed by atoms with E-state index in [0.717, 1.165) is 0 Å². The Kier molecular flexibility index (Phi) is 1.87. The molecule has 74 valence electrons. The van der Waals surface area contributed by atoms with Crippen molar-refractivity contribution in [2.24, 2.45) is 0 Å². The van der Waals surface area contributed by atoms with Gasteiger partial charge in [-0.2, -0.15) is 10.4 Å². The average molecular weight is 202 g/mol. The molecule has 6 heteroatoms. The normalized spacial score (nSPS) is 10.1. The largest absolute Gasteiger partial charge is 0.478 e. The molecular weight excluding hydrogens is 196 g/mol. The molecule has 0 saturated carbocycles. The number of carboxylic acids is 1. The highest BCUT2D eigenvalue weighted by Crippen LogP contribution is 2.12. The van der Waals surface area contributed by atoms with Crippen LogP contribution >= 0.6 is 0 Å². The van der Waals surface area contributed by atoms with Gasteiger partial charge in [0.25, 0.3) is 0 Å². The summed E-state index contributed by atoms with van der Waals surface area (Å²) in [5, 5.41) is 21.5. The van der Waals surface area contributed by atoms with E-state index in [2.05, 4.69) is 10.1 Å². The Hall–Kier alpha value is -2.42. The molecule has 1 N–H and O–H groups in total. The molecule has 0 radical (unpaired) electrons. The van der Waals surface area contributed by atoms with Gasteiger partial charge in [-0.05, 0) is 6.92 Å². The zero-order chi connectivity index (χ0) is 11.0. The van der Waals surface area contributed by atoms with Gasteiger partial charge in [0, 0.05) is 6.20 Å². The predicted octanol–water partition coefficient (Wildman–Crippen LogP) is 0.608. The number of carboxylic acid groups (broad SMARTS) is 1. The first-order valence-corrected chi connectivity index (χ1v) is 4.12. The van der Waals surface area contributed by atoms with Crippen molar-refractivity contribution in [3.63, 3.8) is 0 Å². The third-order valence-corrected chi connectivity index (χ3v) is 2.12. The standard InChI is InChI=1S/C9H6N4O2/c1-5-7(9(14)15)4-11-8-6(2-10)3-12-13(5)8/h3-4H,1H3,(H,14,15). The summed E-state index contributed by atoms with van der Waals surface area (Å²) in [6.45, 7) is 1.62. The van der Waals surface area contributed by atoms with Crippen LogP contribution in [0.1, 0.15) is 21.6 Å². The molecule has 2 aromatic rings. The van der Waals surface area contributed by atoms with Crippen LogP contribution in [0.5, 0.6) is 0 Å². The predicted molar refractivity (Wildman–Crippen MR) is 49.4 cm³/mol. The number of fused-ring (bicyclic) bond motifs is 1. The topological polar surface area (TPSA) is 91.3 Å². The molecule has 0 amide bonds. The monoisotopic (exact) mass is 202 g/mol. The summed E-state index contributed by atoms with van der Waals surface area (Å²) in [7, 11) is 0. The summed E-state index contributed by atoms with van der Waals surface area (Å²) >= 11 is 0. The minimum atomic E-state index is -1.06. The minimum Gasteiger partial charge on any atom is -0.478 e. The lowest BCUT2D eigenvalue weighted by atomic mass is 10.2. The Bertz CT molecular complexity index is 594. The van der Waals surface area contributed by atoms with Gasteiger partial charge in [0.05, 0.1) is 17.5 Å². The van der Waals surface area contributed by atoms with Crippen molar-refractivity contribution in [2.75, 3.05) is 0 Å². The Morgan fingerprint density at radius 2 is 2.33 bits per heavy atom. The number of nitrogens with zero attached hydrogens (tertiary/aromatic N) is 4. The Morgan fingerprint density at radius 1 is 1.60 bits per heavy atom. The molecule has 0 aliphatic carbocycles. The van der Waals surface area contributed by atoms with Crippen molar-refractivity contribution in [1.82, 2.24) is 14.6 Å². The lowest BCUT2D eigenvalue weighted by Gasteiger charge is -2.01. The van der Waals surface area contributed by atoms with Crippen molar-refractivity contribution < 1.29 is 9.90 Å². The fraction of sp³-hybridized carbons (Fsp3) is 0.111. The van der Waals surface area contributed by atoms with Gasteiger partial charge in [0.15, 0.2) is 5.65 Å². The number of carbonyl (C=O) groups is 1. The van der Waals surface area contributed by atoms with Gasteiger partial charge in [0.2, 0.25) is 0 Å².